The summed E-state index contributed by atoms with van der Waals surface area (Å²) < 4.78 is 26.1. The summed E-state index contributed by atoms with van der Waals surface area (Å²) in [5.74, 6) is -3.86. The predicted octanol–water partition coefficient (Wildman–Crippen LogP) is 1.79. The van der Waals surface area contributed by atoms with Crippen LogP contribution in [-0.4, -0.2) is 29.8 Å². The molecule has 0 unspecified atom stereocenters. The topological polar surface area (TPSA) is 44.1 Å². The molecule has 1 amide bonds. The minimum absolute atomic E-state index is 0.0734. The maximum absolute atomic E-state index is 13.0. The zero-order valence-electron chi connectivity index (χ0n) is 8.67. The Balaban J connectivity index is 2.57. The van der Waals surface area contributed by atoms with E-state index in [1.165, 1.54) is 4.90 Å². The molecule has 15 heavy (non-hydrogen) atoms. The van der Waals surface area contributed by atoms with Gasteiger partial charge in [-0.2, -0.15) is 5.26 Å². The summed E-state index contributed by atoms with van der Waals surface area (Å²) in [5, 5.41) is 8.35. The van der Waals surface area contributed by atoms with Gasteiger partial charge in [-0.3, -0.25) is 4.79 Å². The van der Waals surface area contributed by atoms with Crippen molar-refractivity contribution in [1.29, 1.82) is 5.26 Å². The van der Waals surface area contributed by atoms with Crippen LogP contribution in [0.2, 0.25) is 0 Å². The third kappa shape index (κ3) is 3.15. The molecule has 1 aliphatic heterocycles. The van der Waals surface area contributed by atoms with Gasteiger partial charge in [-0.05, 0) is 19.8 Å². The van der Waals surface area contributed by atoms with Crippen LogP contribution < -0.4 is 0 Å². The lowest BCUT2D eigenvalue weighted by Crippen LogP contribution is -2.44. The van der Waals surface area contributed by atoms with Gasteiger partial charge in [0.1, 0.15) is 6.42 Å². The van der Waals surface area contributed by atoms with E-state index in [1.54, 1.807) is 6.07 Å². The monoisotopic (exact) mass is 216 g/mol. The van der Waals surface area contributed by atoms with E-state index in [2.05, 4.69) is 0 Å². The van der Waals surface area contributed by atoms with Crippen LogP contribution in [0.4, 0.5) is 8.78 Å². The number of alkyl halides is 2. The summed E-state index contributed by atoms with van der Waals surface area (Å²) >= 11 is 0. The summed E-state index contributed by atoms with van der Waals surface area (Å²) in [6.45, 7) is 1.45. The third-order valence-electron chi connectivity index (χ3n) is 2.72. The average molecular weight is 216 g/mol. The van der Waals surface area contributed by atoms with Crippen LogP contribution in [-0.2, 0) is 4.79 Å². The highest BCUT2D eigenvalue weighted by molar-refractivity contribution is 5.78. The van der Waals surface area contributed by atoms with Crippen molar-refractivity contribution >= 4 is 5.91 Å². The lowest BCUT2D eigenvalue weighted by atomic mass is 9.92. The summed E-state index contributed by atoms with van der Waals surface area (Å²) in [5.41, 5.74) is 0. The second kappa shape index (κ2) is 4.56. The molecule has 1 rings (SSSR count). The molecular formula is C10H14F2N2O. The first-order valence-electron chi connectivity index (χ1n) is 4.97. The van der Waals surface area contributed by atoms with E-state index in [0.717, 1.165) is 6.92 Å². The average Bonchev–Trinajstić information content (AvgIpc) is 2.17. The lowest BCUT2D eigenvalue weighted by Gasteiger charge is -2.35. The molecular weight excluding hydrogens is 202 g/mol. The number of carbonyl (C=O) groups excluding carboxylic acids is 1. The van der Waals surface area contributed by atoms with Gasteiger partial charge in [0.05, 0.1) is 6.07 Å². The van der Waals surface area contributed by atoms with Gasteiger partial charge in [0.2, 0.25) is 11.8 Å². The standard InChI is InChI=1S/C10H14F2N2O/c1-10(11,12)8-3-2-6-14(7-8)9(15)4-5-13/h8H,2-4,6-7H2,1H3/t8-/m1/s1. The first kappa shape index (κ1) is 11.9. The summed E-state index contributed by atoms with van der Waals surface area (Å²) in [7, 11) is 0. The smallest absolute Gasteiger partial charge is 0.249 e. The van der Waals surface area contributed by atoms with Gasteiger partial charge in [0, 0.05) is 19.0 Å². The van der Waals surface area contributed by atoms with E-state index >= 15 is 0 Å². The molecule has 1 heterocycles. The Morgan fingerprint density at radius 2 is 2.33 bits per heavy atom. The molecule has 3 nitrogen and oxygen atoms in total. The number of halogens is 2. The highest BCUT2D eigenvalue weighted by Crippen LogP contribution is 2.31. The number of nitrogens with zero attached hydrogens (tertiary/aromatic N) is 2. The lowest BCUT2D eigenvalue weighted by molar-refractivity contribution is -0.136. The van der Waals surface area contributed by atoms with Crippen LogP contribution in [0.25, 0.3) is 0 Å². The van der Waals surface area contributed by atoms with E-state index in [9.17, 15) is 13.6 Å². The van der Waals surface area contributed by atoms with Gasteiger partial charge in [-0.1, -0.05) is 0 Å². The first-order chi connectivity index (χ1) is 6.95. The quantitative estimate of drug-likeness (QED) is 0.706. The zero-order valence-corrected chi connectivity index (χ0v) is 8.67. The third-order valence-corrected chi connectivity index (χ3v) is 2.72. The number of nitriles is 1. The van der Waals surface area contributed by atoms with Crippen molar-refractivity contribution in [1.82, 2.24) is 4.90 Å². The van der Waals surface area contributed by atoms with Crippen LogP contribution in [0.5, 0.6) is 0 Å². The van der Waals surface area contributed by atoms with Crippen molar-refractivity contribution in [2.24, 2.45) is 5.92 Å². The van der Waals surface area contributed by atoms with Gasteiger partial charge >= 0.3 is 0 Å². The summed E-state index contributed by atoms with van der Waals surface area (Å²) in [6.07, 6.45) is 0.813. The largest absolute Gasteiger partial charge is 0.341 e. The Bertz CT molecular complexity index is 280. The molecule has 0 N–H and O–H groups in total. The Morgan fingerprint density at radius 3 is 2.87 bits per heavy atom. The molecule has 1 aliphatic rings. The Morgan fingerprint density at radius 1 is 1.67 bits per heavy atom. The molecule has 0 aliphatic carbocycles. The number of hydrogen-bond donors (Lipinski definition) is 0. The molecule has 5 heteroatoms. The number of carbonyl (C=O) groups is 1. The van der Waals surface area contributed by atoms with Crippen LogP contribution >= 0.6 is 0 Å². The Hall–Kier alpha value is -1.18. The Labute approximate surface area is 87.7 Å². The molecule has 1 saturated heterocycles. The molecule has 0 saturated carbocycles. The SMILES string of the molecule is CC(F)(F)[C@@H]1CCCN(C(=O)CC#N)C1. The van der Waals surface area contributed by atoms with Crippen molar-refractivity contribution in [2.75, 3.05) is 13.1 Å². The van der Waals surface area contributed by atoms with Gasteiger partial charge in [-0.15, -0.1) is 0 Å². The number of amides is 1. The van der Waals surface area contributed by atoms with Crippen molar-refractivity contribution < 1.29 is 13.6 Å². The van der Waals surface area contributed by atoms with Crippen LogP contribution in [0.1, 0.15) is 26.2 Å². The van der Waals surface area contributed by atoms with Crippen LogP contribution in [0.3, 0.4) is 0 Å². The zero-order chi connectivity index (χ0) is 11.5. The van der Waals surface area contributed by atoms with Gasteiger partial charge in [0.15, 0.2) is 0 Å². The molecule has 0 radical (unpaired) electrons. The second-order valence-electron chi connectivity index (χ2n) is 3.97. The predicted molar refractivity (Wildman–Crippen MR) is 50.2 cm³/mol. The molecule has 84 valence electrons. The number of piperidine rings is 1. The normalized spacial score (nSPS) is 22.3. The van der Waals surface area contributed by atoms with Gasteiger partial charge in [-0.25, -0.2) is 8.78 Å². The molecule has 1 fully saturated rings. The fourth-order valence-corrected chi connectivity index (χ4v) is 1.80. The fraction of sp³-hybridized carbons (Fsp3) is 0.800. The van der Waals surface area contributed by atoms with E-state index < -0.39 is 11.8 Å². The fourth-order valence-electron chi connectivity index (χ4n) is 1.80. The molecule has 0 spiro atoms. The van der Waals surface area contributed by atoms with Crippen molar-refractivity contribution in [3.8, 4) is 6.07 Å². The minimum Gasteiger partial charge on any atom is -0.341 e. The Kier molecular flexibility index (Phi) is 3.61. The van der Waals surface area contributed by atoms with Gasteiger partial charge in [0.25, 0.3) is 0 Å². The molecule has 0 aromatic carbocycles. The highest BCUT2D eigenvalue weighted by atomic mass is 19.3. The van der Waals surface area contributed by atoms with Gasteiger partial charge < -0.3 is 4.90 Å². The summed E-state index contributed by atoms with van der Waals surface area (Å²) in [6, 6.07) is 1.74. The first-order valence-corrected chi connectivity index (χ1v) is 4.97. The van der Waals surface area contributed by atoms with E-state index in [-0.39, 0.29) is 18.9 Å². The minimum atomic E-state index is -2.74. The second-order valence-corrected chi connectivity index (χ2v) is 3.97. The molecule has 0 aromatic heterocycles. The van der Waals surface area contributed by atoms with Crippen molar-refractivity contribution in [2.45, 2.75) is 32.1 Å². The maximum Gasteiger partial charge on any atom is 0.249 e. The highest BCUT2D eigenvalue weighted by Gasteiger charge is 2.38. The number of rotatable bonds is 2. The van der Waals surface area contributed by atoms with E-state index in [1.807, 2.05) is 0 Å². The molecule has 1 atom stereocenters. The molecule has 0 aromatic rings. The number of hydrogen-bond acceptors (Lipinski definition) is 2. The number of likely N-dealkylation sites (tertiary alicyclic amines) is 1. The van der Waals surface area contributed by atoms with E-state index in [4.69, 9.17) is 5.26 Å². The maximum atomic E-state index is 13.0. The molecule has 0 bridgehead atoms. The van der Waals surface area contributed by atoms with Crippen LogP contribution in [0, 0.1) is 17.2 Å². The summed E-state index contributed by atoms with van der Waals surface area (Å²) in [4.78, 5) is 12.7. The van der Waals surface area contributed by atoms with Crippen molar-refractivity contribution in [3.05, 3.63) is 0 Å². The van der Waals surface area contributed by atoms with Crippen LogP contribution in [0.15, 0.2) is 0 Å². The van der Waals surface area contributed by atoms with Crippen molar-refractivity contribution in [3.63, 3.8) is 0 Å². The van der Waals surface area contributed by atoms with E-state index in [0.29, 0.717) is 19.4 Å².